The monoisotopic (exact) mass is 392 g/mol. The molecule has 0 unspecified atom stereocenters. The fourth-order valence-electron chi connectivity index (χ4n) is 2.90. The van der Waals surface area contributed by atoms with Gasteiger partial charge in [0.15, 0.2) is 0 Å². The van der Waals surface area contributed by atoms with E-state index < -0.39 is 10.0 Å². The maximum atomic E-state index is 12.7. The van der Waals surface area contributed by atoms with Crippen LogP contribution >= 0.6 is 0 Å². The number of hydrogen-bond donors (Lipinski definition) is 1. The quantitative estimate of drug-likeness (QED) is 0.656. The van der Waals surface area contributed by atoms with E-state index in [2.05, 4.69) is 16.7 Å². The lowest BCUT2D eigenvalue weighted by Crippen LogP contribution is -2.26. The summed E-state index contributed by atoms with van der Waals surface area (Å²) >= 11 is 0. The highest BCUT2D eigenvalue weighted by atomic mass is 32.2. The average Bonchev–Trinajstić information content (AvgIpc) is 2.71. The lowest BCUT2D eigenvalue weighted by atomic mass is 10.1. The highest BCUT2D eigenvalue weighted by molar-refractivity contribution is 7.89. The molecule has 0 fully saturated rings. The van der Waals surface area contributed by atoms with Crippen LogP contribution in [0, 0.1) is 12.3 Å². The van der Waals surface area contributed by atoms with Gasteiger partial charge in [-0.2, -0.15) is 4.72 Å². The van der Waals surface area contributed by atoms with E-state index in [-0.39, 0.29) is 17.3 Å². The summed E-state index contributed by atoms with van der Waals surface area (Å²) in [5.41, 5.74) is 1.44. The molecule has 0 heterocycles. The molecular formula is C22H20N2O3S. The van der Waals surface area contributed by atoms with Crippen molar-refractivity contribution < 1.29 is 13.2 Å². The van der Waals surface area contributed by atoms with Gasteiger partial charge in [-0.25, -0.2) is 8.42 Å². The van der Waals surface area contributed by atoms with Crippen LogP contribution in [0.4, 0.5) is 0 Å². The second-order valence-electron chi connectivity index (χ2n) is 6.40. The maximum Gasteiger partial charge on any atom is 0.253 e. The Morgan fingerprint density at radius 1 is 1.04 bits per heavy atom. The van der Waals surface area contributed by atoms with Gasteiger partial charge in [0.2, 0.25) is 10.0 Å². The lowest BCUT2D eigenvalue weighted by molar-refractivity contribution is 0.0785. The van der Waals surface area contributed by atoms with Gasteiger partial charge in [0.1, 0.15) is 0 Å². The van der Waals surface area contributed by atoms with E-state index in [4.69, 9.17) is 6.42 Å². The summed E-state index contributed by atoms with van der Waals surface area (Å²) in [5.74, 6) is 2.03. The number of fused-ring (bicyclic) bond motifs is 1. The Bertz CT molecular complexity index is 1150. The molecule has 5 nitrogen and oxygen atoms in total. The molecule has 1 N–H and O–H groups in total. The van der Waals surface area contributed by atoms with Crippen LogP contribution in [0.3, 0.4) is 0 Å². The minimum atomic E-state index is -3.67. The molecule has 3 rings (SSSR count). The number of rotatable bonds is 6. The van der Waals surface area contributed by atoms with E-state index in [0.29, 0.717) is 12.1 Å². The zero-order valence-electron chi connectivity index (χ0n) is 15.4. The molecule has 0 saturated heterocycles. The number of sulfonamides is 1. The van der Waals surface area contributed by atoms with Crippen LogP contribution < -0.4 is 4.72 Å². The summed E-state index contributed by atoms with van der Waals surface area (Å²) in [6, 6.07) is 19.9. The maximum absolute atomic E-state index is 12.7. The van der Waals surface area contributed by atoms with E-state index >= 15 is 0 Å². The minimum Gasteiger partial charge on any atom is -0.337 e. The fraction of sp³-hybridized carbons (Fsp3) is 0.136. The number of carbonyl (C=O) groups excluding carboxylic acids is 1. The molecule has 1 amide bonds. The number of terminal acetylenes is 1. The van der Waals surface area contributed by atoms with Crippen molar-refractivity contribution in [2.24, 2.45) is 0 Å². The van der Waals surface area contributed by atoms with Gasteiger partial charge < -0.3 is 4.90 Å². The van der Waals surface area contributed by atoms with Crippen LogP contribution in [-0.2, 0) is 16.6 Å². The highest BCUT2D eigenvalue weighted by Gasteiger charge is 2.16. The van der Waals surface area contributed by atoms with E-state index in [1.807, 2.05) is 36.4 Å². The molecule has 0 saturated carbocycles. The van der Waals surface area contributed by atoms with Crippen LogP contribution in [0.25, 0.3) is 10.8 Å². The molecule has 0 spiro atoms. The Morgan fingerprint density at radius 3 is 2.39 bits per heavy atom. The van der Waals surface area contributed by atoms with E-state index in [0.717, 1.165) is 16.3 Å². The number of hydrogen-bond acceptors (Lipinski definition) is 3. The third-order valence-electron chi connectivity index (χ3n) is 4.36. The van der Waals surface area contributed by atoms with Crippen molar-refractivity contribution in [2.45, 2.75) is 11.4 Å². The summed E-state index contributed by atoms with van der Waals surface area (Å²) in [6.45, 7) is 0.366. The molecule has 3 aromatic rings. The van der Waals surface area contributed by atoms with Crippen LogP contribution in [0.2, 0.25) is 0 Å². The molecule has 3 aromatic carbocycles. The first-order valence-electron chi connectivity index (χ1n) is 8.67. The molecule has 0 bridgehead atoms. The standard InChI is InChI=1S/C22H20N2O3S/c1-3-14-23-28(26,27)21-12-10-19(11-13-21)22(25)24(2)16-17-8-9-18-6-4-5-7-20(18)15-17/h1,4-13,15,23H,14,16H2,2H3. The molecule has 142 valence electrons. The largest absolute Gasteiger partial charge is 0.337 e. The van der Waals surface area contributed by atoms with Gasteiger partial charge in [0.05, 0.1) is 11.4 Å². The lowest BCUT2D eigenvalue weighted by Gasteiger charge is -2.18. The number of carbonyl (C=O) groups is 1. The summed E-state index contributed by atoms with van der Waals surface area (Å²) in [4.78, 5) is 14.3. The molecule has 0 atom stereocenters. The zero-order valence-corrected chi connectivity index (χ0v) is 16.2. The van der Waals surface area contributed by atoms with Crippen LogP contribution in [-0.4, -0.2) is 32.8 Å². The molecule has 6 heteroatoms. The Hall–Kier alpha value is -3.14. The van der Waals surface area contributed by atoms with Gasteiger partial charge in [-0.1, -0.05) is 42.3 Å². The highest BCUT2D eigenvalue weighted by Crippen LogP contribution is 2.18. The summed E-state index contributed by atoms with van der Waals surface area (Å²) < 4.78 is 26.4. The van der Waals surface area contributed by atoms with Crippen molar-refractivity contribution in [3.8, 4) is 12.3 Å². The van der Waals surface area contributed by atoms with E-state index in [1.54, 1.807) is 11.9 Å². The summed E-state index contributed by atoms with van der Waals surface area (Å²) in [7, 11) is -1.95. The van der Waals surface area contributed by atoms with Crippen molar-refractivity contribution in [2.75, 3.05) is 13.6 Å². The SMILES string of the molecule is C#CCNS(=O)(=O)c1ccc(C(=O)N(C)Cc2ccc3ccccc3c2)cc1. The van der Waals surface area contributed by atoms with Crippen molar-refractivity contribution >= 4 is 26.7 Å². The number of nitrogens with one attached hydrogen (secondary N) is 1. The van der Waals surface area contributed by atoms with E-state index in [1.165, 1.54) is 24.3 Å². The Kier molecular flexibility index (Phi) is 5.78. The van der Waals surface area contributed by atoms with Gasteiger partial charge in [0.25, 0.3) is 5.91 Å². The van der Waals surface area contributed by atoms with Crippen LogP contribution in [0.1, 0.15) is 15.9 Å². The van der Waals surface area contributed by atoms with Crippen molar-refractivity contribution in [3.63, 3.8) is 0 Å². The molecule has 0 aliphatic rings. The van der Waals surface area contributed by atoms with Gasteiger partial charge in [0, 0.05) is 19.2 Å². The first-order chi connectivity index (χ1) is 13.4. The van der Waals surface area contributed by atoms with Gasteiger partial charge >= 0.3 is 0 Å². The second-order valence-corrected chi connectivity index (χ2v) is 8.16. The number of nitrogens with zero attached hydrogens (tertiary/aromatic N) is 1. The predicted molar refractivity (Wildman–Crippen MR) is 110 cm³/mol. The van der Waals surface area contributed by atoms with Gasteiger partial charge in [-0.05, 0) is 46.7 Å². The normalized spacial score (nSPS) is 11.1. The molecule has 28 heavy (non-hydrogen) atoms. The molecule has 0 aliphatic carbocycles. The average molecular weight is 392 g/mol. The van der Waals surface area contributed by atoms with Gasteiger partial charge in [-0.15, -0.1) is 6.42 Å². The Morgan fingerprint density at radius 2 is 1.71 bits per heavy atom. The van der Waals surface area contributed by atoms with Gasteiger partial charge in [-0.3, -0.25) is 4.79 Å². The first kappa shape index (κ1) is 19.6. The van der Waals surface area contributed by atoms with E-state index in [9.17, 15) is 13.2 Å². The van der Waals surface area contributed by atoms with Crippen molar-refractivity contribution in [1.29, 1.82) is 0 Å². The summed E-state index contributed by atoms with van der Waals surface area (Å²) in [6.07, 6.45) is 5.08. The third kappa shape index (κ3) is 4.39. The zero-order chi connectivity index (χ0) is 20.1. The van der Waals surface area contributed by atoms with Crippen molar-refractivity contribution in [1.82, 2.24) is 9.62 Å². The first-order valence-corrected chi connectivity index (χ1v) is 10.2. The topological polar surface area (TPSA) is 66.5 Å². The second kappa shape index (κ2) is 8.26. The minimum absolute atomic E-state index is 0.0662. The van der Waals surface area contributed by atoms with Crippen LogP contribution in [0.5, 0.6) is 0 Å². The smallest absolute Gasteiger partial charge is 0.253 e. The molecule has 0 aromatic heterocycles. The molecule has 0 radical (unpaired) electrons. The molecule has 0 aliphatic heterocycles. The summed E-state index contributed by atoms with van der Waals surface area (Å²) in [5, 5.41) is 2.27. The number of benzene rings is 3. The third-order valence-corrected chi connectivity index (χ3v) is 5.77. The number of amides is 1. The fourth-order valence-corrected chi connectivity index (χ4v) is 3.83. The van der Waals surface area contributed by atoms with Crippen LogP contribution in [0.15, 0.2) is 71.6 Å². The predicted octanol–water partition coefficient (Wildman–Crippen LogP) is 3.02. The Balaban J connectivity index is 1.73. The molecular weight excluding hydrogens is 372 g/mol. The Labute approximate surface area is 165 Å². The van der Waals surface area contributed by atoms with Crippen molar-refractivity contribution in [3.05, 3.63) is 77.9 Å².